The minimum absolute atomic E-state index is 0.0552. The van der Waals surface area contributed by atoms with E-state index < -0.39 is 0 Å². The third kappa shape index (κ3) is 2.43. The number of carbonyl (C=O) groups excluding carboxylic acids is 1. The Morgan fingerprint density at radius 2 is 2.41 bits per heavy atom. The molecule has 1 aliphatic carbocycles. The van der Waals surface area contributed by atoms with Crippen molar-refractivity contribution in [2.75, 3.05) is 26.7 Å². The van der Waals surface area contributed by atoms with Crippen molar-refractivity contribution < 1.29 is 9.53 Å². The first-order chi connectivity index (χ1) is 8.21. The fourth-order valence-electron chi connectivity index (χ4n) is 2.52. The minimum atomic E-state index is -0.328. The van der Waals surface area contributed by atoms with Crippen LogP contribution in [0.15, 0.2) is 0 Å². The number of piperazine rings is 1. The third-order valence-corrected chi connectivity index (χ3v) is 3.88. The largest absolute Gasteiger partial charge is 0.378 e. The molecule has 94 valence electrons. The minimum Gasteiger partial charge on any atom is -0.378 e. The van der Waals surface area contributed by atoms with Crippen molar-refractivity contribution in [3.05, 3.63) is 0 Å². The Morgan fingerprint density at radius 1 is 1.65 bits per heavy atom. The predicted molar refractivity (Wildman–Crippen MR) is 62.2 cm³/mol. The Bertz CT molecular complexity index is 328. The van der Waals surface area contributed by atoms with Crippen LogP contribution in [0.25, 0.3) is 0 Å². The van der Waals surface area contributed by atoms with Gasteiger partial charge in [-0.25, -0.2) is 0 Å². The van der Waals surface area contributed by atoms with Gasteiger partial charge in [0.15, 0.2) is 0 Å². The van der Waals surface area contributed by atoms with Crippen LogP contribution in [0.3, 0.4) is 0 Å². The summed E-state index contributed by atoms with van der Waals surface area (Å²) in [5.74, 6) is 0.0552. The number of nitrogens with zero attached hydrogens (tertiary/aromatic N) is 2. The number of nitriles is 1. The SMILES string of the molecule is COC1(CC(=O)N2CCNCC2C#N)CCC1. The van der Waals surface area contributed by atoms with Crippen molar-refractivity contribution in [1.29, 1.82) is 5.26 Å². The number of ether oxygens (including phenoxy) is 1. The van der Waals surface area contributed by atoms with E-state index in [1.165, 1.54) is 0 Å². The molecule has 0 radical (unpaired) electrons. The lowest BCUT2D eigenvalue weighted by Gasteiger charge is -2.42. The second kappa shape index (κ2) is 5.03. The fraction of sp³-hybridized carbons (Fsp3) is 0.833. The van der Waals surface area contributed by atoms with Crippen LogP contribution in [0, 0.1) is 11.3 Å². The predicted octanol–water partition coefficient (Wildman–Crippen LogP) is 0.270. The summed E-state index contributed by atoms with van der Waals surface area (Å²) in [7, 11) is 1.67. The van der Waals surface area contributed by atoms with E-state index in [1.807, 2.05) is 0 Å². The fourth-order valence-corrected chi connectivity index (χ4v) is 2.52. The number of amides is 1. The maximum absolute atomic E-state index is 12.2. The van der Waals surface area contributed by atoms with E-state index in [1.54, 1.807) is 12.0 Å². The van der Waals surface area contributed by atoms with Crippen LogP contribution >= 0.6 is 0 Å². The van der Waals surface area contributed by atoms with Gasteiger partial charge in [0, 0.05) is 26.7 Å². The topological polar surface area (TPSA) is 65.4 Å². The number of rotatable bonds is 3. The lowest BCUT2D eigenvalue weighted by atomic mass is 9.77. The maximum atomic E-state index is 12.2. The highest BCUT2D eigenvalue weighted by molar-refractivity contribution is 5.78. The summed E-state index contributed by atoms with van der Waals surface area (Å²) < 4.78 is 5.46. The zero-order chi connectivity index (χ0) is 12.3. The molecule has 1 atom stereocenters. The normalized spacial score (nSPS) is 27.1. The smallest absolute Gasteiger partial charge is 0.226 e. The van der Waals surface area contributed by atoms with Gasteiger partial charge in [0.05, 0.1) is 18.1 Å². The third-order valence-electron chi connectivity index (χ3n) is 3.88. The molecule has 0 aromatic carbocycles. The van der Waals surface area contributed by atoms with Crippen LogP contribution in [0.2, 0.25) is 0 Å². The van der Waals surface area contributed by atoms with Gasteiger partial charge >= 0.3 is 0 Å². The van der Waals surface area contributed by atoms with E-state index in [0.29, 0.717) is 19.5 Å². The van der Waals surface area contributed by atoms with Crippen molar-refractivity contribution in [2.45, 2.75) is 37.3 Å². The first kappa shape index (κ1) is 12.3. The lowest BCUT2D eigenvalue weighted by Crippen LogP contribution is -2.55. The summed E-state index contributed by atoms with van der Waals surface area (Å²) in [6.07, 6.45) is 3.46. The molecule has 1 heterocycles. The second-order valence-electron chi connectivity index (χ2n) is 4.85. The monoisotopic (exact) mass is 237 g/mol. The van der Waals surface area contributed by atoms with Crippen molar-refractivity contribution in [2.24, 2.45) is 0 Å². The molecule has 5 nitrogen and oxygen atoms in total. The molecule has 5 heteroatoms. The van der Waals surface area contributed by atoms with Crippen LogP contribution in [-0.2, 0) is 9.53 Å². The Balaban J connectivity index is 1.96. The number of nitrogens with one attached hydrogen (secondary N) is 1. The van der Waals surface area contributed by atoms with Crippen molar-refractivity contribution >= 4 is 5.91 Å². The van der Waals surface area contributed by atoms with Crippen LogP contribution < -0.4 is 5.32 Å². The van der Waals surface area contributed by atoms with Gasteiger partial charge in [-0.1, -0.05) is 0 Å². The molecule has 2 fully saturated rings. The standard InChI is InChI=1S/C12H19N3O2/c1-17-12(3-2-4-12)7-11(16)15-6-5-14-9-10(15)8-13/h10,14H,2-7,9H2,1H3. The van der Waals surface area contributed by atoms with Crippen LogP contribution in [-0.4, -0.2) is 49.2 Å². The molecule has 2 aliphatic rings. The molecule has 1 unspecified atom stereocenters. The van der Waals surface area contributed by atoms with E-state index in [0.717, 1.165) is 25.8 Å². The highest BCUT2D eigenvalue weighted by atomic mass is 16.5. The average Bonchev–Trinajstić information content (AvgIpc) is 2.33. The lowest BCUT2D eigenvalue weighted by molar-refractivity contribution is -0.146. The molecule has 1 amide bonds. The molecule has 1 saturated heterocycles. The highest BCUT2D eigenvalue weighted by Crippen LogP contribution is 2.38. The number of hydrogen-bond donors (Lipinski definition) is 1. The molecular formula is C12H19N3O2. The second-order valence-corrected chi connectivity index (χ2v) is 4.85. The number of hydrogen-bond acceptors (Lipinski definition) is 4. The molecule has 0 spiro atoms. The Hall–Kier alpha value is -1.12. The summed E-state index contributed by atoms with van der Waals surface area (Å²) in [6, 6.07) is 1.85. The van der Waals surface area contributed by atoms with E-state index in [2.05, 4.69) is 11.4 Å². The van der Waals surface area contributed by atoms with Gasteiger partial charge in [-0.05, 0) is 19.3 Å². The molecule has 2 rings (SSSR count). The van der Waals surface area contributed by atoms with Gasteiger partial charge in [-0.2, -0.15) is 5.26 Å². The number of carbonyl (C=O) groups is 1. The van der Waals surface area contributed by atoms with E-state index in [-0.39, 0.29) is 17.6 Å². The van der Waals surface area contributed by atoms with Crippen LogP contribution in [0.4, 0.5) is 0 Å². The molecule has 1 aliphatic heterocycles. The van der Waals surface area contributed by atoms with Crippen LogP contribution in [0.5, 0.6) is 0 Å². The van der Waals surface area contributed by atoms with Crippen LogP contribution in [0.1, 0.15) is 25.7 Å². The average molecular weight is 237 g/mol. The van der Waals surface area contributed by atoms with Gasteiger partial charge in [0.1, 0.15) is 6.04 Å². The summed E-state index contributed by atoms with van der Waals surface area (Å²) >= 11 is 0. The molecule has 1 saturated carbocycles. The first-order valence-electron chi connectivity index (χ1n) is 6.16. The van der Waals surface area contributed by atoms with Gasteiger partial charge in [-0.3, -0.25) is 4.79 Å². The molecule has 0 bridgehead atoms. The first-order valence-corrected chi connectivity index (χ1v) is 6.16. The molecule has 1 N–H and O–H groups in total. The zero-order valence-electron chi connectivity index (χ0n) is 10.2. The van der Waals surface area contributed by atoms with Crippen molar-refractivity contribution in [3.63, 3.8) is 0 Å². The maximum Gasteiger partial charge on any atom is 0.226 e. The van der Waals surface area contributed by atoms with Crippen molar-refractivity contribution in [3.8, 4) is 6.07 Å². The van der Waals surface area contributed by atoms with Gasteiger partial charge in [-0.15, -0.1) is 0 Å². The Kier molecular flexibility index (Phi) is 3.65. The molecule has 0 aromatic rings. The van der Waals surface area contributed by atoms with E-state index in [4.69, 9.17) is 10.00 Å². The number of methoxy groups -OCH3 is 1. The molecule has 0 aromatic heterocycles. The summed E-state index contributed by atoms with van der Waals surface area (Å²) in [4.78, 5) is 13.9. The Labute approximate surface area is 102 Å². The van der Waals surface area contributed by atoms with Gasteiger partial charge in [0.2, 0.25) is 5.91 Å². The van der Waals surface area contributed by atoms with Crippen molar-refractivity contribution in [1.82, 2.24) is 10.2 Å². The van der Waals surface area contributed by atoms with Gasteiger partial charge in [0.25, 0.3) is 0 Å². The zero-order valence-corrected chi connectivity index (χ0v) is 10.2. The van der Waals surface area contributed by atoms with Gasteiger partial charge < -0.3 is 15.0 Å². The Morgan fingerprint density at radius 3 is 2.94 bits per heavy atom. The molecule has 17 heavy (non-hydrogen) atoms. The summed E-state index contributed by atoms with van der Waals surface area (Å²) in [5, 5.41) is 12.1. The molecular weight excluding hydrogens is 218 g/mol. The summed E-state index contributed by atoms with van der Waals surface area (Å²) in [6.45, 7) is 1.96. The van der Waals surface area contributed by atoms with E-state index >= 15 is 0 Å². The summed E-state index contributed by atoms with van der Waals surface area (Å²) in [5.41, 5.74) is -0.248. The quantitative estimate of drug-likeness (QED) is 0.765. The van der Waals surface area contributed by atoms with E-state index in [9.17, 15) is 4.79 Å². The highest BCUT2D eigenvalue weighted by Gasteiger charge is 2.41.